The predicted octanol–water partition coefficient (Wildman–Crippen LogP) is 3.35. The number of alkyl halides is 3. The van der Waals surface area contributed by atoms with E-state index in [2.05, 4.69) is 4.18 Å². The van der Waals surface area contributed by atoms with Gasteiger partial charge >= 0.3 is 15.6 Å². The fourth-order valence-corrected chi connectivity index (χ4v) is 2.77. The summed E-state index contributed by atoms with van der Waals surface area (Å²) in [6.07, 6.45) is 0.618. The normalized spacial score (nSPS) is 12.4. The first-order valence-corrected chi connectivity index (χ1v) is 7.99. The predicted molar refractivity (Wildman–Crippen MR) is 81.2 cm³/mol. The second-order valence-electron chi connectivity index (χ2n) is 4.81. The molecule has 0 aliphatic carbocycles. The Bertz CT molecular complexity index is 924. The van der Waals surface area contributed by atoms with E-state index in [-0.39, 0.29) is 34.0 Å². The Kier molecular flexibility index (Phi) is 4.44. The van der Waals surface area contributed by atoms with Crippen molar-refractivity contribution in [3.05, 3.63) is 35.1 Å². The average Bonchev–Trinajstić information content (AvgIpc) is 2.46. The summed E-state index contributed by atoms with van der Waals surface area (Å²) in [4.78, 5) is 0. The second kappa shape index (κ2) is 5.93. The molecule has 0 aliphatic heterocycles. The van der Waals surface area contributed by atoms with Crippen molar-refractivity contribution in [1.82, 2.24) is 0 Å². The van der Waals surface area contributed by atoms with Crippen molar-refractivity contribution in [2.45, 2.75) is 18.9 Å². The van der Waals surface area contributed by atoms with E-state index in [1.54, 1.807) is 6.92 Å². The van der Waals surface area contributed by atoms with Gasteiger partial charge in [0, 0.05) is 17.3 Å². The molecule has 0 heterocycles. The molecule has 0 fully saturated rings. The molecular weight excluding hydrogens is 352 g/mol. The Morgan fingerprint density at radius 1 is 1.33 bits per heavy atom. The molecule has 0 saturated heterocycles. The van der Waals surface area contributed by atoms with Crippen molar-refractivity contribution in [2.75, 3.05) is 5.73 Å². The first kappa shape index (κ1) is 18.0. The van der Waals surface area contributed by atoms with Gasteiger partial charge in [-0.3, -0.25) is 0 Å². The molecule has 24 heavy (non-hydrogen) atoms. The lowest BCUT2D eigenvalue weighted by atomic mass is 9.97. The molecule has 2 rings (SSSR count). The Hall–Kier alpha value is -2.36. The van der Waals surface area contributed by atoms with Crippen molar-refractivity contribution < 1.29 is 30.2 Å². The van der Waals surface area contributed by atoms with E-state index >= 15 is 0 Å². The molecular formula is C14H12F4N2O3S. The zero-order chi connectivity index (χ0) is 18.3. The molecule has 0 unspecified atom stereocenters. The Labute approximate surface area is 134 Å². The van der Waals surface area contributed by atoms with Gasteiger partial charge in [0.2, 0.25) is 0 Å². The van der Waals surface area contributed by atoms with Gasteiger partial charge in [-0.05, 0) is 29.5 Å². The first-order chi connectivity index (χ1) is 11.0. The van der Waals surface area contributed by atoms with Crippen LogP contribution in [0, 0.1) is 11.2 Å². The van der Waals surface area contributed by atoms with Gasteiger partial charge in [0.1, 0.15) is 5.82 Å². The van der Waals surface area contributed by atoms with Crippen LogP contribution in [-0.2, 0) is 16.5 Å². The monoisotopic (exact) mass is 364 g/mol. The molecule has 0 bridgehead atoms. The minimum atomic E-state index is -6.01. The lowest BCUT2D eigenvalue weighted by Gasteiger charge is -2.17. The molecule has 3 N–H and O–H groups in total. The van der Waals surface area contributed by atoms with Crippen molar-refractivity contribution in [2.24, 2.45) is 0 Å². The molecule has 2 aromatic rings. The Morgan fingerprint density at radius 2 is 1.96 bits per heavy atom. The molecule has 0 amide bonds. The molecule has 0 radical (unpaired) electrons. The molecule has 10 heteroatoms. The van der Waals surface area contributed by atoms with E-state index in [4.69, 9.17) is 11.1 Å². The summed E-state index contributed by atoms with van der Waals surface area (Å²) in [7, 11) is -6.01. The van der Waals surface area contributed by atoms with Crippen molar-refractivity contribution in [3.8, 4) is 5.75 Å². The number of aryl methyl sites for hydroxylation is 1. The third-order valence-corrected chi connectivity index (χ3v) is 4.31. The maximum absolute atomic E-state index is 14.0. The molecule has 0 atom stereocenters. The van der Waals surface area contributed by atoms with Gasteiger partial charge in [-0.15, -0.1) is 0 Å². The number of hydrogen-bond acceptors (Lipinski definition) is 5. The zero-order valence-electron chi connectivity index (χ0n) is 12.2. The van der Waals surface area contributed by atoms with Crippen LogP contribution in [0.25, 0.3) is 10.8 Å². The van der Waals surface area contributed by atoms with Crippen LogP contribution in [0.4, 0.5) is 23.2 Å². The summed E-state index contributed by atoms with van der Waals surface area (Å²) in [5.41, 5.74) is -0.609. The number of fused-ring (bicyclic) bond motifs is 1. The summed E-state index contributed by atoms with van der Waals surface area (Å²) >= 11 is 0. The van der Waals surface area contributed by atoms with Crippen LogP contribution >= 0.6 is 0 Å². The quantitative estimate of drug-likeness (QED) is 0.286. The lowest BCUT2D eigenvalue weighted by molar-refractivity contribution is -0.0499. The SMILES string of the molecule is CCc1c(F)ccc2cc(N)c(C=N)c(OS(=O)(=O)C(F)(F)F)c12. The Balaban J connectivity index is 2.93. The summed E-state index contributed by atoms with van der Waals surface area (Å²) in [6.45, 7) is 1.54. The van der Waals surface area contributed by atoms with Crippen LogP contribution in [-0.4, -0.2) is 20.1 Å². The number of benzene rings is 2. The fraction of sp³-hybridized carbons (Fsp3) is 0.214. The molecule has 130 valence electrons. The number of nitrogen functional groups attached to an aromatic ring is 1. The third-order valence-electron chi connectivity index (χ3n) is 3.36. The van der Waals surface area contributed by atoms with E-state index < -0.39 is 27.2 Å². The number of nitrogens with two attached hydrogens (primary N) is 1. The van der Waals surface area contributed by atoms with E-state index in [1.807, 2.05) is 0 Å². The zero-order valence-corrected chi connectivity index (χ0v) is 13.1. The van der Waals surface area contributed by atoms with Gasteiger partial charge in [-0.2, -0.15) is 21.6 Å². The van der Waals surface area contributed by atoms with Gasteiger partial charge in [0.05, 0.1) is 5.56 Å². The van der Waals surface area contributed by atoms with Crippen LogP contribution in [0.15, 0.2) is 18.2 Å². The highest BCUT2D eigenvalue weighted by atomic mass is 32.2. The minimum absolute atomic E-state index is 0.0389. The smallest absolute Gasteiger partial charge is 0.398 e. The molecule has 0 spiro atoms. The molecule has 0 saturated carbocycles. The first-order valence-electron chi connectivity index (χ1n) is 6.58. The number of halogens is 4. The molecule has 0 aromatic heterocycles. The average molecular weight is 364 g/mol. The maximum atomic E-state index is 14.0. The second-order valence-corrected chi connectivity index (χ2v) is 6.35. The van der Waals surface area contributed by atoms with Crippen molar-refractivity contribution in [1.29, 1.82) is 5.41 Å². The van der Waals surface area contributed by atoms with Gasteiger partial charge in [-0.1, -0.05) is 13.0 Å². The summed E-state index contributed by atoms with van der Waals surface area (Å²) < 4.78 is 78.9. The third kappa shape index (κ3) is 2.88. The Morgan fingerprint density at radius 3 is 2.46 bits per heavy atom. The van der Waals surface area contributed by atoms with Crippen LogP contribution < -0.4 is 9.92 Å². The van der Waals surface area contributed by atoms with Crippen LogP contribution in [0.1, 0.15) is 18.1 Å². The molecule has 0 aliphatic rings. The molecule has 5 nitrogen and oxygen atoms in total. The van der Waals surface area contributed by atoms with Crippen LogP contribution in [0.5, 0.6) is 5.75 Å². The standard InChI is InChI=1S/C14H12F4N2O3S/c1-2-8-10(15)4-3-7-5-11(20)9(6-19)13(12(7)8)23-24(21,22)14(16,17)18/h3-6,19H,2,20H2,1H3. The summed E-state index contributed by atoms with van der Waals surface area (Å²) in [5.74, 6) is -1.55. The highest BCUT2D eigenvalue weighted by molar-refractivity contribution is 7.88. The van der Waals surface area contributed by atoms with Crippen LogP contribution in [0.2, 0.25) is 0 Å². The van der Waals surface area contributed by atoms with E-state index in [0.29, 0.717) is 6.21 Å². The maximum Gasteiger partial charge on any atom is 0.534 e. The number of rotatable bonds is 4. The van der Waals surface area contributed by atoms with E-state index in [9.17, 15) is 26.0 Å². The largest absolute Gasteiger partial charge is 0.534 e. The van der Waals surface area contributed by atoms with E-state index in [1.165, 1.54) is 12.1 Å². The van der Waals surface area contributed by atoms with Gasteiger partial charge in [-0.25, -0.2) is 4.39 Å². The van der Waals surface area contributed by atoms with Crippen molar-refractivity contribution >= 4 is 32.8 Å². The highest BCUT2D eigenvalue weighted by Crippen LogP contribution is 2.39. The summed E-state index contributed by atoms with van der Waals surface area (Å²) in [5, 5.41) is 7.32. The van der Waals surface area contributed by atoms with Crippen LogP contribution in [0.3, 0.4) is 0 Å². The highest BCUT2D eigenvalue weighted by Gasteiger charge is 2.49. The number of anilines is 1. The number of nitrogens with one attached hydrogen (secondary N) is 1. The van der Waals surface area contributed by atoms with Gasteiger partial charge < -0.3 is 15.3 Å². The van der Waals surface area contributed by atoms with Crippen molar-refractivity contribution in [3.63, 3.8) is 0 Å². The topological polar surface area (TPSA) is 93.2 Å². The minimum Gasteiger partial charge on any atom is -0.398 e. The summed E-state index contributed by atoms with van der Waals surface area (Å²) in [6, 6.07) is 3.63. The van der Waals surface area contributed by atoms with Gasteiger partial charge in [0.15, 0.2) is 5.75 Å². The van der Waals surface area contributed by atoms with E-state index in [0.717, 1.165) is 6.07 Å². The number of hydrogen-bond donors (Lipinski definition) is 2. The van der Waals surface area contributed by atoms with Gasteiger partial charge in [0.25, 0.3) is 0 Å². The fourth-order valence-electron chi connectivity index (χ4n) is 2.28. The molecule has 2 aromatic carbocycles. The lowest BCUT2D eigenvalue weighted by Crippen LogP contribution is -2.28.